The predicted molar refractivity (Wildman–Crippen MR) is 87.3 cm³/mol. The molecule has 0 aliphatic carbocycles. The summed E-state index contributed by atoms with van der Waals surface area (Å²) in [7, 11) is -6.84. The zero-order chi connectivity index (χ0) is 16.8. The van der Waals surface area contributed by atoms with Crippen molar-refractivity contribution < 1.29 is 16.8 Å². The summed E-state index contributed by atoms with van der Waals surface area (Å²) >= 11 is 0. The first kappa shape index (κ1) is 17.4. The van der Waals surface area contributed by atoms with Crippen LogP contribution in [0.15, 0.2) is 23.1 Å². The maximum atomic E-state index is 12.6. The first-order valence-corrected chi connectivity index (χ1v) is 10.6. The fraction of sp³-hybridized carbons (Fsp3) is 0.600. The minimum Gasteiger partial charge on any atom is -0.229 e. The van der Waals surface area contributed by atoms with Crippen molar-refractivity contribution in [2.75, 3.05) is 11.5 Å². The van der Waals surface area contributed by atoms with E-state index in [1.54, 1.807) is 19.1 Å². The Labute approximate surface area is 133 Å². The Hall–Kier alpha value is -0.920. The van der Waals surface area contributed by atoms with E-state index in [1.807, 2.05) is 26.8 Å². The lowest BCUT2D eigenvalue weighted by molar-refractivity contribution is 0.559. The molecule has 1 unspecified atom stereocenters. The first-order valence-electron chi connectivity index (χ1n) is 7.25. The lowest BCUT2D eigenvalue weighted by Gasteiger charge is -2.21. The van der Waals surface area contributed by atoms with Crippen LogP contribution in [0, 0.1) is 6.92 Å². The van der Waals surface area contributed by atoms with E-state index in [9.17, 15) is 16.8 Å². The van der Waals surface area contributed by atoms with Crippen LogP contribution in [0.25, 0.3) is 0 Å². The fourth-order valence-electron chi connectivity index (χ4n) is 2.53. The van der Waals surface area contributed by atoms with Crippen molar-refractivity contribution in [3.63, 3.8) is 0 Å². The van der Waals surface area contributed by atoms with E-state index < -0.39 is 25.9 Å². The molecule has 5 nitrogen and oxygen atoms in total. The second kappa shape index (κ2) is 5.62. The highest BCUT2D eigenvalue weighted by Crippen LogP contribution is 2.27. The van der Waals surface area contributed by atoms with E-state index in [0.29, 0.717) is 12.0 Å². The minimum absolute atomic E-state index is 0.0429. The highest BCUT2D eigenvalue weighted by molar-refractivity contribution is 7.92. The molecule has 1 aromatic carbocycles. The van der Waals surface area contributed by atoms with Gasteiger partial charge in [0.1, 0.15) is 0 Å². The molecule has 1 aliphatic rings. The van der Waals surface area contributed by atoms with Gasteiger partial charge in [0.2, 0.25) is 10.0 Å². The zero-order valence-corrected chi connectivity index (χ0v) is 15.0. The molecule has 0 amide bonds. The topological polar surface area (TPSA) is 80.3 Å². The van der Waals surface area contributed by atoms with Crippen molar-refractivity contribution in [2.45, 2.75) is 50.5 Å². The van der Waals surface area contributed by atoms with Gasteiger partial charge in [0.15, 0.2) is 9.84 Å². The van der Waals surface area contributed by atoms with Gasteiger partial charge in [-0.1, -0.05) is 32.9 Å². The van der Waals surface area contributed by atoms with Crippen LogP contribution >= 0.6 is 0 Å². The van der Waals surface area contributed by atoms with E-state index in [-0.39, 0.29) is 21.8 Å². The molecule has 1 saturated heterocycles. The number of hydrogen-bond donors (Lipinski definition) is 1. The van der Waals surface area contributed by atoms with Crippen molar-refractivity contribution in [1.29, 1.82) is 0 Å². The molecule has 0 aromatic heterocycles. The molecule has 1 heterocycles. The van der Waals surface area contributed by atoms with Crippen molar-refractivity contribution >= 4 is 19.9 Å². The van der Waals surface area contributed by atoms with Crippen molar-refractivity contribution in [3.05, 3.63) is 29.3 Å². The van der Waals surface area contributed by atoms with Crippen LogP contribution in [-0.2, 0) is 25.3 Å². The third-order valence-corrected chi connectivity index (χ3v) is 7.33. The van der Waals surface area contributed by atoms with Crippen LogP contribution in [0.4, 0.5) is 0 Å². The number of rotatable bonds is 3. The molecule has 22 heavy (non-hydrogen) atoms. The number of hydrogen-bond acceptors (Lipinski definition) is 4. The van der Waals surface area contributed by atoms with Crippen molar-refractivity contribution in [1.82, 2.24) is 4.72 Å². The molecule has 1 aliphatic heterocycles. The molecule has 1 fully saturated rings. The largest absolute Gasteiger partial charge is 0.241 e. The van der Waals surface area contributed by atoms with E-state index in [0.717, 1.165) is 5.56 Å². The Balaban J connectivity index is 2.34. The molecule has 1 atom stereocenters. The second-order valence-electron chi connectivity index (χ2n) is 6.95. The van der Waals surface area contributed by atoms with Crippen LogP contribution in [-0.4, -0.2) is 34.4 Å². The van der Waals surface area contributed by atoms with Gasteiger partial charge in [0.25, 0.3) is 0 Å². The Morgan fingerprint density at radius 1 is 1.23 bits per heavy atom. The van der Waals surface area contributed by atoms with Gasteiger partial charge in [-0.15, -0.1) is 0 Å². The maximum Gasteiger partial charge on any atom is 0.241 e. The fourth-order valence-corrected chi connectivity index (χ4v) is 5.85. The van der Waals surface area contributed by atoms with Crippen LogP contribution in [0.5, 0.6) is 0 Å². The van der Waals surface area contributed by atoms with Gasteiger partial charge in [-0.3, -0.25) is 0 Å². The summed E-state index contributed by atoms with van der Waals surface area (Å²) in [5, 5.41) is 0. The summed E-state index contributed by atoms with van der Waals surface area (Å²) in [4.78, 5) is 0.226. The normalized spacial score (nSPS) is 21.9. The zero-order valence-electron chi connectivity index (χ0n) is 13.4. The van der Waals surface area contributed by atoms with Crippen LogP contribution in [0.1, 0.15) is 38.3 Å². The van der Waals surface area contributed by atoms with Gasteiger partial charge in [-0.05, 0) is 36.0 Å². The van der Waals surface area contributed by atoms with Crippen LogP contribution < -0.4 is 4.72 Å². The number of sulfonamides is 1. The van der Waals surface area contributed by atoms with Gasteiger partial charge in [0.05, 0.1) is 16.4 Å². The van der Waals surface area contributed by atoms with Gasteiger partial charge >= 0.3 is 0 Å². The Morgan fingerprint density at radius 2 is 1.86 bits per heavy atom. The molecule has 1 N–H and O–H groups in total. The number of nitrogens with one attached hydrogen (secondary N) is 1. The molecule has 2 rings (SSSR count). The van der Waals surface area contributed by atoms with Gasteiger partial charge in [-0.25, -0.2) is 21.6 Å². The highest BCUT2D eigenvalue weighted by Gasteiger charge is 2.32. The summed E-state index contributed by atoms with van der Waals surface area (Å²) in [6.45, 7) is 7.80. The molecule has 0 radical (unpaired) electrons. The number of sulfone groups is 1. The van der Waals surface area contributed by atoms with Crippen molar-refractivity contribution in [2.24, 2.45) is 0 Å². The summed E-state index contributed by atoms with van der Waals surface area (Å²) in [6, 6.07) is 4.86. The Kier molecular flexibility index (Phi) is 4.45. The highest BCUT2D eigenvalue weighted by atomic mass is 32.2. The molecule has 0 bridgehead atoms. The number of benzene rings is 1. The third-order valence-electron chi connectivity index (χ3n) is 3.90. The smallest absolute Gasteiger partial charge is 0.229 e. The van der Waals surface area contributed by atoms with Gasteiger partial charge in [0, 0.05) is 6.04 Å². The van der Waals surface area contributed by atoms with Crippen LogP contribution in [0.3, 0.4) is 0 Å². The summed E-state index contributed by atoms with van der Waals surface area (Å²) < 4.78 is 50.7. The molecular formula is C15H23NO4S2. The van der Waals surface area contributed by atoms with Gasteiger partial charge in [-0.2, -0.15) is 0 Å². The molecule has 0 spiro atoms. The summed E-state index contributed by atoms with van der Waals surface area (Å²) in [6.07, 6.45) is 0.333. The monoisotopic (exact) mass is 345 g/mol. The average Bonchev–Trinajstić information content (AvgIpc) is 2.66. The molecule has 7 heteroatoms. The van der Waals surface area contributed by atoms with E-state index >= 15 is 0 Å². The molecule has 1 aromatic rings. The lowest BCUT2D eigenvalue weighted by Crippen LogP contribution is -2.36. The Morgan fingerprint density at radius 3 is 2.36 bits per heavy atom. The van der Waals surface area contributed by atoms with Crippen molar-refractivity contribution in [3.8, 4) is 0 Å². The SMILES string of the molecule is Cc1ccc(C(C)(C)C)cc1S(=O)(=O)NC1CCS(=O)(=O)C1. The lowest BCUT2D eigenvalue weighted by atomic mass is 9.87. The third kappa shape index (κ3) is 3.88. The standard InChI is InChI=1S/C15H23NO4S2/c1-11-5-6-12(15(2,3)4)9-14(11)22(19,20)16-13-7-8-21(17,18)10-13/h5-6,9,13,16H,7-8,10H2,1-4H3. The molecule has 0 saturated carbocycles. The quantitative estimate of drug-likeness (QED) is 0.905. The summed E-state index contributed by atoms with van der Waals surface area (Å²) in [5.41, 5.74) is 1.42. The minimum atomic E-state index is -3.72. The summed E-state index contributed by atoms with van der Waals surface area (Å²) in [5.74, 6) is -0.0779. The second-order valence-corrected chi connectivity index (χ2v) is 10.9. The van der Waals surface area contributed by atoms with Crippen LogP contribution in [0.2, 0.25) is 0 Å². The van der Waals surface area contributed by atoms with Gasteiger partial charge < -0.3 is 0 Å². The number of aryl methyl sites for hydroxylation is 1. The van der Waals surface area contributed by atoms with E-state index in [1.165, 1.54) is 0 Å². The predicted octanol–water partition coefficient (Wildman–Crippen LogP) is 1.76. The molecular weight excluding hydrogens is 322 g/mol. The van der Waals surface area contributed by atoms with E-state index in [4.69, 9.17) is 0 Å². The molecule has 124 valence electrons. The Bertz CT molecular complexity index is 774. The first-order chi connectivity index (χ1) is 9.91. The average molecular weight is 345 g/mol. The maximum absolute atomic E-state index is 12.6. The van der Waals surface area contributed by atoms with E-state index in [2.05, 4.69) is 4.72 Å².